The lowest BCUT2D eigenvalue weighted by atomic mass is 10.3. The Morgan fingerprint density at radius 1 is 1.57 bits per heavy atom. The lowest BCUT2D eigenvalue weighted by Gasteiger charge is -2.09. The van der Waals surface area contributed by atoms with Gasteiger partial charge in [-0.05, 0) is 18.2 Å². The molecule has 0 spiro atoms. The average Bonchev–Trinajstić information content (AvgIpc) is 2.17. The molecule has 0 aromatic heterocycles. The molecule has 14 heavy (non-hydrogen) atoms. The van der Waals surface area contributed by atoms with Crippen LogP contribution in [-0.4, -0.2) is 13.0 Å². The molecule has 0 atom stereocenters. The monoisotopic (exact) mass is 216 g/mol. The van der Waals surface area contributed by atoms with E-state index in [0.29, 0.717) is 11.6 Å². The summed E-state index contributed by atoms with van der Waals surface area (Å²) >= 11 is 5.76. The minimum absolute atomic E-state index is 0.265. The topological polar surface area (TPSA) is 62.4 Å². The molecule has 76 valence electrons. The van der Waals surface area contributed by atoms with Crippen LogP contribution >= 0.6 is 11.6 Å². The molecule has 4 N–H and O–H groups in total. The van der Waals surface area contributed by atoms with E-state index in [1.165, 1.54) is 18.2 Å². The van der Waals surface area contributed by atoms with Crippen molar-refractivity contribution >= 4 is 23.2 Å². The number of hydrogen-bond acceptors (Lipinski definition) is 2. The van der Waals surface area contributed by atoms with Crippen molar-refractivity contribution in [1.29, 1.82) is 0 Å². The number of benzene rings is 1. The summed E-state index contributed by atoms with van der Waals surface area (Å²) in [4.78, 5) is 3.78. The van der Waals surface area contributed by atoms with E-state index in [4.69, 9.17) is 17.4 Å². The van der Waals surface area contributed by atoms with E-state index in [2.05, 4.69) is 15.7 Å². The summed E-state index contributed by atoms with van der Waals surface area (Å²) in [5.41, 5.74) is 2.86. The second kappa shape index (κ2) is 4.78. The van der Waals surface area contributed by atoms with Gasteiger partial charge in [-0.15, -0.1) is 0 Å². The molecule has 6 heteroatoms. The Labute approximate surface area is 85.9 Å². The van der Waals surface area contributed by atoms with Gasteiger partial charge in [0.25, 0.3) is 0 Å². The zero-order valence-electron chi connectivity index (χ0n) is 7.51. The Morgan fingerprint density at radius 2 is 2.29 bits per heavy atom. The fourth-order valence-corrected chi connectivity index (χ4v) is 1.09. The van der Waals surface area contributed by atoms with Crippen molar-refractivity contribution in [3.8, 4) is 0 Å². The molecule has 0 aliphatic carbocycles. The van der Waals surface area contributed by atoms with E-state index < -0.39 is 5.82 Å². The van der Waals surface area contributed by atoms with Gasteiger partial charge in [0.15, 0.2) is 0 Å². The summed E-state index contributed by atoms with van der Waals surface area (Å²) in [6.07, 6.45) is 0. The van der Waals surface area contributed by atoms with Crippen LogP contribution in [-0.2, 0) is 0 Å². The maximum atomic E-state index is 12.7. The Morgan fingerprint density at radius 3 is 2.79 bits per heavy atom. The predicted octanol–water partition coefficient (Wildman–Crippen LogP) is 1.34. The molecule has 0 amide bonds. The number of guanidine groups is 1. The minimum atomic E-state index is -0.392. The van der Waals surface area contributed by atoms with Crippen LogP contribution in [0.5, 0.6) is 0 Å². The Hall–Kier alpha value is -1.33. The molecular weight excluding hydrogens is 207 g/mol. The summed E-state index contributed by atoms with van der Waals surface area (Å²) in [7, 11) is 1.56. The van der Waals surface area contributed by atoms with Gasteiger partial charge in [-0.2, -0.15) is 0 Å². The second-order valence-electron chi connectivity index (χ2n) is 2.47. The molecule has 0 aliphatic rings. The van der Waals surface area contributed by atoms with Gasteiger partial charge in [-0.25, -0.2) is 10.2 Å². The molecule has 0 saturated carbocycles. The van der Waals surface area contributed by atoms with Crippen molar-refractivity contribution in [3.63, 3.8) is 0 Å². The summed E-state index contributed by atoms with van der Waals surface area (Å²) in [6, 6.07) is 3.99. The number of hydrogen-bond donors (Lipinski definition) is 3. The maximum absolute atomic E-state index is 12.7. The molecule has 0 heterocycles. The number of rotatable bonds is 1. The van der Waals surface area contributed by atoms with Crippen molar-refractivity contribution < 1.29 is 4.39 Å². The summed E-state index contributed by atoms with van der Waals surface area (Å²) in [5, 5.41) is 3.05. The second-order valence-corrected chi connectivity index (χ2v) is 2.87. The van der Waals surface area contributed by atoms with Crippen molar-refractivity contribution in [2.75, 3.05) is 12.4 Å². The molecule has 1 aromatic carbocycles. The largest absolute Gasteiger partial charge is 0.324 e. The first-order chi connectivity index (χ1) is 6.67. The number of anilines is 1. The van der Waals surface area contributed by atoms with Crippen LogP contribution in [0, 0.1) is 5.82 Å². The minimum Gasteiger partial charge on any atom is -0.324 e. The van der Waals surface area contributed by atoms with Gasteiger partial charge in [0.2, 0.25) is 5.96 Å². The first-order valence-corrected chi connectivity index (χ1v) is 4.20. The van der Waals surface area contributed by atoms with Crippen molar-refractivity contribution in [2.24, 2.45) is 10.8 Å². The van der Waals surface area contributed by atoms with E-state index >= 15 is 0 Å². The molecule has 1 rings (SSSR count). The van der Waals surface area contributed by atoms with Gasteiger partial charge >= 0.3 is 0 Å². The third-order valence-corrected chi connectivity index (χ3v) is 1.86. The van der Waals surface area contributed by atoms with Crippen LogP contribution in [0.1, 0.15) is 0 Å². The highest BCUT2D eigenvalue weighted by molar-refractivity contribution is 6.33. The Balaban J connectivity index is 2.87. The Kier molecular flexibility index (Phi) is 3.67. The van der Waals surface area contributed by atoms with Gasteiger partial charge in [-0.1, -0.05) is 11.6 Å². The van der Waals surface area contributed by atoms with Gasteiger partial charge in [0, 0.05) is 7.05 Å². The molecule has 0 bridgehead atoms. The zero-order chi connectivity index (χ0) is 10.6. The maximum Gasteiger partial charge on any atom is 0.210 e. The zero-order valence-corrected chi connectivity index (χ0v) is 8.27. The van der Waals surface area contributed by atoms with Crippen LogP contribution in [0.15, 0.2) is 23.2 Å². The average molecular weight is 217 g/mol. The predicted molar refractivity (Wildman–Crippen MR) is 55.7 cm³/mol. The number of nitrogens with two attached hydrogens (primary N) is 1. The number of nitrogens with zero attached hydrogens (tertiary/aromatic N) is 1. The quantitative estimate of drug-likeness (QED) is 0.287. The van der Waals surface area contributed by atoms with Gasteiger partial charge < -0.3 is 5.32 Å². The smallest absolute Gasteiger partial charge is 0.210 e. The highest BCUT2D eigenvalue weighted by Crippen LogP contribution is 2.21. The van der Waals surface area contributed by atoms with E-state index in [0.717, 1.165) is 0 Å². The number of hydrazine groups is 1. The Bertz CT molecular complexity index is 353. The van der Waals surface area contributed by atoms with E-state index in [9.17, 15) is 4.39 Å². The molecule has 0 fully saturated rings. The van der Waals surface area contributed by atoms with Crippen molar-refractivity contribution in [3.05, 3.63) is 29.0 Å². The standard InChI is InChI=1S/C8H10ClFN4/c1-12-8(14-11)13-7-3-2-5(10)4-6(7)9/h2-4H,11H2,1H3,(H2,12,13,14). The van der Waals surface area contributed by atoms with E-state index in [-0.39, 0.29) is 5.02 Å². The number of aliphatic imine (C=N–C) groups is 1. The molecular formula is C8H10ClFN4. The van der Waals surface area contributed by atoms with Crippen LogP contribution in [0.3, 0.4) is 0 Å². The lowest BCUT2D eigenvalue weighted by Crippen LogP contribution is -2.36. The number of halogens is 2. The lowest BCUT2D eigenvalue weighted by molar-refractivity contribution is 0.628. The highest BCUT2D eigenvalue weighted by atomic mass is 35.5. The first kappa shape index (κ1) is 10.7. The van der Waals surface area contributed by atoms with Crippen molar-refractivity contribution in [1.82, 2.24) is 5.43 Å². The van der Waals surface area contributed by atoms with Gasteiger partial charge in [0.1, 0.15) is 5.82 Å². The fourth-order valence-electron chi connectivity index (χ4n) is 0.875. The molecule has 1 aromatic rings. The third kappa shape index (κ3) is 2.58. The molecule has 4 nitrogen and oxygen atoms in total. The van der Waals surface area contributed by atoms with Gasteiger partial charge in [-0.3, -0.25) is 10.4 Å². The summed E-state index contributed by atoms with van der Waals surface area (Å²) in [5.74, 6) is 5.10. The molecule has 0 radical (unpaired) electrons. The van der Waals surface area contributed by atoms with Crippen molar-refractivity contribution in [2.45, 2.75) is 0 Å². The van der Waals surface area contributed by atoms with Crippen LogP contribution in [0.4, 0.5) is 10.1 Å². The van der Waals surface area contributed by atoms with Crippen LogP contribution in [0.25, 0.3) is 0 Å². The molecule has 0 unspecified atom stereocenters. The highest BCUT2D eigenvalue weighted by Gasteiger charge is 2.03. The molecule has 0 saturated heterocycles. The SMILES string of the molecule is CN=C(NN)Nc1ccc(F)cc1Cl. The van der Waals surface area contributed by atoms with E-state index in [1.54, 1.807) is 7.05 Å². The van der Waals surface area contributed by atoms with Crippen LogP contribution < -0.4 is 16.6 Å². The summed E-state index contributed by atoms with van der Waals surface area (Å²) in [6.45, 7) is 0. The van der Waals surface area contributed by atoms with Gasteiger partial charge in [0.05, 0.1) is 10.7 Å². The normalized spacial score (nSPS) is 11.3. The third-order valence-electron chi connectivity index (χ3n) is 1.54. The number of nitrogens with one attached hydrogen (secondary N) is 2. The fraction of sp³-hybridized carbons (Fsp3) is 0.125. The first-order valence-electron chi connectivity index (χ1n) is 3.83. The van der Waals surface area contributed by atoms with E-state index in [1.807, 2.05) is 0 Å². The molecule has 0 aliphatic heterocycles. The summed E-state index contributed by atoms with van der Waals surface area (Å²) < 4.78 is 12.7. The van der Waals surface area contributed by atoms with Crippen LogP contribution in [0.2, 0.25) is 5.02 Å².